The van der Waals surface area contributed by atoms with Crippen molar-refractivity contribution in [2.75, 3.05) is 13.2 Å². The Morgan fingerprint density at radius 3 is 0.897 bits per heavy atom. The number of amides is 1. The largest absolute Gasteiger partial charge is 0.466 e. The Bertz CT molecular complexity index is 975. The highest BCUT2D eigenvalue weighted by molar-refractivity contribution is 5.76. The zero-order chi connectivity index (χ0) is 49.3. The maximum Gasteiger partial charge on any atom is 0.305 e. The van der Waals surface area contributed by atoms with Crippen LogP contribution >= 0.6 is 0 Å². The first-order valence-corrected chi connectivity index (χ1v) is 31.3. The van der Waals surface area contributed by atoms with Gasteiger partial charge in [0.2, 0.25) is 5.91 Å². The molecule has 0 saturated heterocycles. The SMILES string of the molecule is CCCCCCCCCCCCCCC(=O)OCCCCCCCCCCCCCCCCCCCCCCCCCCCCCCCCC(=O)NC(CO)C(O)CCCCCCCCCCC. The van der Waals surface area contributed by atoms with Crippen molar-refractivity contribution in [1.29, 1.82) is 0 Å². The summed E-state index contributed by atoms with van der Waals surface area (Å²) in [6.07, 6.45) is 68.6. The van der Waals surface area contributed by atoms with Crippen molar-refractivity contribution in [3.63, 3.8) is 0 Å². The minimum absolute atomic E-state index is 0.0214. The predicted molar refractivity (Wildman–Crippen MR) is 297 cm³/mol. The van der Waals surface area contributed by atoms with Gasteiger partial charge in [0.05, 0.1) is 25.4 Å². The Hall–Kier alpha value is -1.14. The van der Waals surface area contributed by atoms with Crippen molar-refractivity contribution in [3.8, 4) is 0 Å². The van der Waals surface area contributed by atoms with E-state index in [0.717, 1.165) is 38.5 Å². The van der Waals surface area contributed by atoms with Crippen molar-refractivity contribution >= 4 is 11.9 Å². The van der Waals surface area contributed by atoms with Gasteiger partial charge in [0.1, 0.15) is 0 Å². The lowest BCUT2D eigenvalue weighted by atomic mass is 10.0. The molecule has 0 aliphatic heterocycles. The van der Waals surface area contributed by atoms with Crippen LogP contribution in [0.3, 0.4) is 0 Å². The van der Waals surface area contributed by atoms with Crippen LogP contribution in [-0.4, -0.2) is 47.4 Å². The van der Waals surface area contributed by atoms with Gasteiger partial charge >= 0.3 is 5.97 Å². The van der Waals surface area contributed by atoms with E-state index in [1.54, 1.807) is 0 Å². The Kier molecular flexibility index (Phi) is 57.5. The van der Waals surface area contributed by atoms with E-state index in [4.69, 9.17) is 4.74 Å². The van der Waals surface area contributed by atoms with Crippen molar-refractivity contribution in [3.05, 3.63) is 0 Å². The fourth-order valence-electron chi connectivity index (χ4n) is 10.1. The van der Waals surface area contributed by atoms with Crippen LogP contribution < -0.4 is 5.32 Å². The number of hydrogen-bond acceptors (Lipinski definition) is 5. The van der Waals surface area contributed by atoms with E-state index < -0.39 is 12.1 Å². The molecule has 0 saturated carbocycles. The first-order valence-electron chi connectivity index (χ1n) is 31.3. The Balaban J connectivity index is 3.28. The highest BCUT2D eigenvalue weighted by Gasteiger charge is 2.20. The predicted octanol–water partition coefficient (Wildman–Crippen LogP) is 19.5. The average Bonchev–Trinajstić information content (AvgIpc) is 3.34. The third kappa shape index (κ3) is 54.2. The van der Waals surface area contributed by atoms with Gasteiger partial charge in [0, 0.05) is 12.8 Å². The zero-order valence-electron chi connectivity index (χ0n) is 46.4. The van der Waals surface area contributed by atoms with Gasteiger partial charge in [0.15, 0.2) is 0 Å². The van der Waals surface area contributed by atoms with Crippen LogP contribution in [0.2, 0.25) is 0 Å². The normalized spacial score (nSPS) is 12.5. The summed E-state index contributed by atoms with van der Waals surface area (Å²) in [5, 5.41) is 23.1. The maximum atomic E-state index is 12.4. The molecule has 0 radical (unpaired) electrons. The summed E-state index contributed by atoms with van der Waals surface area (Å²) in [6, 6.07) is -0.535. The number of rotatable bonds is 59. The smallest absolute Gasteiger partial charge is 0.305 e. The molecule has 0 bridgehead atoms. The molecular formula is C62H123NO5. The summed E-state index contributed by atoms with van der Waals surface area (Å²) < 4.78 is 5.48. The lowest BCUT2D eigenvalue weighted by molar-refractivity contribution is -0.143. The number of aliphatic hydroxyl groups is 2. The summed E-state index contributed by atoms with van der Waals surface area (Å²) in [5.74, 6) is -0.0101. The van der Waals surface area contributed by atoms with E-state index in [9.17, 15) is 19.8 Å². The van der Waals surface area contributed by atoms with Crippen LogP contribution in [0.15, 0.2) is 0 Å². The highest BCUT2D eigenvalue weighted by Crippen LogP contribution is 2.19. The number of nitrogens with one attached hydrogen (secondary N) is 1. The molecule has 2 unspecified atom stereocenters. The molecule has 0 rings (SSSR count). The highest BCUT2D eigenvalue weighted by atomic mass is 16.5. The third-order valence-electron chi connectivity index (χ3n) is 14.9. The summed E-state index contributed by atoms with van der Waals surface area (Å²) in [6.45, 7) is 4.96. The Labute approximate surface area is 426 Å². The second-order valence-electron chi connectivity index (χ2n) is 21.8. The van der Waals surface area contributed by atoms with Crippen LogP contribution in [0.4, 0.5) is 0 Å². The molecule has 0 aliphatic carbocycles. The molecule has 0 spiro atoms. The van der Waals surface area contributed by atoms with Crippen molar-refractivity contribution in [2.24, 2.45) is 0 Å². The van der Waals surface area contributed by atoms with E-state index in [1.807, 2.05) is 0 Å². The summed E-state index contributed by atoms with van der Waals surface area (Å²) >= 11 is 0. The number of esters is 1. The minimum Gasteiger partial charge on any atom is -0.466 e. The van der Waals surface area contributed by atoms with Crippen LogP contribution in [0, 0.1) is 0 Å². The molecule has 0 fully saturated rings. The number of carbonyl (C=O) groups excluding carboxylic acids is 2. The number of unbranched alkanes of at least 4 members (excludes halogenated alkanes) is 48. The van der Waals surface area contributed by atoms with Gasteiger partial charge in [-0.2, -0.15) is 0 Å². The van der Waals surface area contributed by atoms with E-state index >= 15 is 0 Å². The maximum absolute atomic E-state index is 12.4. The molecule has 0 aromatic rings. The molecular weight excluding hydrogens is 839 g/mol. The quantitative estimate of drug-likeness (QED) is 0.0417. The van der Waals surface area contributed by atoms with Crippen molar-refractivity contribution in [1.82, 2.24) is 5.32 Å². The first kappa shape index (κ1) is 66.9. The fraction of sp³-hybridized carbons (Fsp3) is 0.968. The minimum atomic E-state index is -0.657. The number of hydrogen-bond donors (Lipinski definition) is 3. The van der Waals surface area contributed by atoms with Gasteiger partial charge in [-0.05, 0) is 25.7 Å². The molecule has 1 amide bonds. The van der Waals surface area contributed by atoms with E-state index in [-0.39, 0.29) is 18.5 Å². The average molecular weight is 963 g/mol. The molecule has 0 heterocycles. The molecule has 0 aromatic heterocycles. The molecule has 0 aromatic carbocycles. The van der Waals surface area contributed by atoms with Crippen LogP contribution in [0.1, 0.15) is 361 Å². The summed E-state index contributed by atoms with van der Waals surface area (Å²) in [4.78, 5) is 24.4. The van der Waals surface area contributed by atoms with Gasteiger partial charge in [-0.15, -0.1) is 0 Å². The van der Waals surface area contributed by atoms with Crippen molar-refractivity contribution < 1.29 is 24.5 Å². The monoisotopic (exact) mass is 962 g/mol. The second kappa shape index (κ2) is 58.4. The lowest BCUT2D eigenvalue weighted by Crippen LogP contribution is -2.45. The Morgan fingerprint density at radius 2 is 0.603 bits per heavy atom. The summed E-state index contributed by atoms with van der Waals surface area (Å²) in [7, 11) is 0. The van der Waals surface area contributed by atoms with Gasteiger partial charge in [-0.25, -0.2) is 0 Å². The van der Waals surface area contributed by atoms with Crippen LogP contribution in [0.5, 0.6) is 0 Å². The Morgan fingerprint density at radius 1 is 0.353 bits per heavy atom. The van der Waals surface area contributed by atoms with E-state index in [1.165, 1.54) is 289 Å². The van der Waals surface area contributed by atoms with Crippen LogP contribution in [0.25, 0.3) is 0 Å². The van der Waals surface area contributed by atoms with Gasteiger partial charge < -0.3 is 20.3 Å². The molecule has 6 nitrogen and oxygen atoms in total. The number of carbonyl (C=O) groups is 2. The molecule has 406 valence electrons. The number of aliphatic hydroxyl groups excluding tert-OH is 2. The molecule has 2 atom stereocenters. The topological polar surface area (TPSA) is 95.9 Å². The van der Waals surface area contributed by atoms with Crippen molar-refractivity contribution in [2.45, 2.75) is 373 Å². The number of ether oxygens (including phenoxy) is 1. The standard InChI is InChI=1S/C62H123NO5/c1-3-5-7-9-11-13-14-36-40-44-48-52-56-62(67)68-57-53-49-45-41-37-34-32-30-28-26-24-22-20-18-16-15-17-19-21-23-25-27-29-31-33-35-39-43-47-51-55-61(66)63-59(58-64)60(65)54-50-46-42-38-12-10-8-6-4-2/h59-60,64-65H,3-58H2,1-2H3,(H,63,66). The van der Waals surface area contributed by atoms with Gasteiger partial charge in [-0.1, -0.05) is 322 Å². The zero-order valence-corrected chi connectivity index (χ0v) is 46.4. The fourth-order valence-corrected chi connectivity index (χ4v) is 10.1. The molecule has 68 heavy (non-hydrogen) atoms. The summed E-state index contributed by atoms with van der Waals surface area (Å²) in [5.41, 5.74) is 0. The van der Waals surface area contributed by atoms with E-state index in [0.29, 0.717) is 25.9 Å². The first-order chi connectivity index (χ1) is 33.5. The second-order valence-corrected chi connectivity index (χ2v) is 21.8. The molecule has 6 heteroatoms. The molecule has 3 N–H and O–H groups in total. The van der Waals surface area contributed by atoms with Gasteiger partial charge in [-0.3, -0.25) is 9.59 Å². The molecule has 0 aliphatic rings. The van der Waals surface area contributed by atoms with E-state index in [2.05, 4.69) is 19.2 Å². The van der Waals surface area contributed by atoms with Crippen LogP contribution in [-0.2, 0) is 14.3 Å². The lowest BCUT2D eigenvalue weighted by Gasteiger charge is -2.22. The third-order valence-corrected chi connectivity index (χ3v) is 14.9. The van der Waals surface area contributed by atoms with Gasteiger partial charge in [0.25, 0.3) is 0 Å².